The van der Waals surface area contributed by atoms with Crippen molar-refractivity contribution < 1.29 is 18.8 Å². The lowest BCUT2D eigenvalue weighted by atomic mass is 10.1. The number of halogens is 1. The Morgan fingerprint density at radius 3 is 2.76 bits per heavy atom. The molecule has 5 nitrogen and oxygen atoms in total. The van der Waals surface area contributed by atoms with E-state index < -0.39 is 17.8 Å². The summed E-state index contributed by atoms with van der Waals surface area (Å²) < 4.78 is 13.5. The second-order valence-corrected chi connectivity index (χ2v) is 5.05. The molecule has 0 saturated carbocycles. The molecule has 0 bridgehead atoms. The minimum absolute atomic E-state index is 0.00720. The molecule has 1 N–H and O–H groups in total. The van der Waals surface area contributed by atoms with E-state index in [1.54, 1.807) is 23.1 Å². The van der Waals surface area contributed by atoms with Gasteiger partial charge in [0.15, 0.2) is 5.78 Å². The lowest BCUT2D eigenvalue weighted by Crippen LogP contribution is -2.58. The number of carbonyl (C=O) groups is 3. The Morgan fingerprint density at radius 1 is 1.38 bits per heavy atom. The van der Waals surface area contributed by atoms with Gasteiger partial charge >= 0.3 is 0 Å². The first kappa shape index (κ1) is 15.3. The van der Waals surface area contributed by atoms with Gasteiger partial charge in [-0.1, -0.05) is 25.1 Å². The monoisotopic (exact) mass is 292 g/mol. The second-order valence-electron chi connectivity index (χ2n) is 5.05. The fourth-order valence-corrected chi connectivity index (χ4v) is 2.47. The summed E-state index contributed by atoms with van der Waals surface area (Å²) in [5, 5.41) is 2.25. The molecule has 1 aliphatic rings. The highest BCUT2D eigenvalue weighted by atomic mass is 19.1. The van der Waals surface area contributed by atoms with Gasteiger partial charge in [0.05, 0.1) is 19.1 Å². The highest BCUT2D eigenvalue weighted by Crippen LogP contribution is 2.11. The first-order valence-electron chi connectivity index (χ1n) is 6.84. The number of amides is 2. The molecular weight excluding hydrogens is 275 g/mol. The van der Waals surface area contributed by atoms with E-state index in [1.807, 2.05) is 6.92 Å². The van der Waals surface area contributed by atoms with Crippen LogP contribution in [0.1, 0.15) is 18.9 Å². The van der Waals surface area contributed by atoms with E-state index in [9.17, 15) is 18.8 Å². The van der Waals surface area contributed by atoms with Crippen LogP contribution < -0.4 is 5.32 Å². The molecule has 1 unspecified atom stereocenters. The molecule has 0 spiro atoms. The van der Waals surface area contributed by atoms with Gasteiger partial charge in [-0.05, 0) is 18.1 Å². The van der Waals surface area contributed by atoms with Crippen molar-refractivity contribution in [1.82, 2.24) is 10.2 Å². The Morgan fingerprint density at radius 2 is 2.10 bits per heavy atom. The molecule has 6 heteroatoms. The predicted octanol–water partition coefficient (Wildman–Crippen LogP) is 0.674. The normalized spacial score (nSPS) is 19.4. The smallest absolute Gasteiger partial charge is 0.243 e. The summed E-state index contributed by atoms with van der Waals surface area (Å²) in [6.45, 7) is 1.79. The van der Waals surface area contributed by atoms with Crippen molar-refractivity contribution in [2.75, 3.05) is 13.1 Å². The Labute approximate surface area is 122 Å². The standard InChI is InChI=1S/C15H17FN2O3/c1-2-13-15(21)17-14(20)9-18(13)8-11(19)7-10-5-3-4-6-12(10)16/h3-6,13H,2,7-9H2,1H3,(H,17,20,21). The third kappa shape index (κ3) is 3.72. The van der Waals surface area contributed by atoms with Gasteiger partial charge in [0, 0.05) is 6.42 Å². The van der Waals surface area contributed by atoms with Crippen LogP contribution in [0.3, 0.4) is 0 Å². The maximum absolute atomic E-state index is 13.5. The van der Waals surface area contributed by atoms with Crippen LogP contribution in [0.25, 0.3) is 0 Å². The minimum atomic E-state index is -0.493. The molecule has 1 fully saturated rings. The molecule has 0 radical (unpaired) electrons. The molecule has 2 rings (SSSR count). The van der Waals surface area contributed by atoms with Crippen LogP contribution in [-0.2, 0) is 20.8 Å². The van der Waals surface area contributed by atoms with Crippen molar-refractivity contribution in [3.63, 3.8) is 0 Å². The van der Waals surface area contributed by atoms with Crippen molar-refractivity contribution in [3.05, 3.63) is 35.6 Å². The first-order valence-corrected chi connectivity index (χ1v) is 6.84. The van der Waals surface area contributed by atoms with E-state index in [4.69, 9.17) is 0 Å². The van der Waals surface area contributed by atoms with Crippen LogP contribution in [0.5, 0.6) is 0 Å². The summed E-state index contributed by atoms with van der Waals surface area (Å²) in [6.07, 6.45) is 0.460. The van der Waals surface area contributed by atoms with Gasteiger partial charge in [0.2, 0.25) is 11.8 Å². The molecular formula is C15H17FN2O3. The number of carbonyl (C=O) groups excluding carboxylic acids is 3. The number of imide groups is 1. The summed E-state index contributed by atoms with van der Waals surface area (Å²) in [4.78, 5) is 36.7. The Bertz CT molecular complexity index is 574. The molecule has 1 aromatic carbocycles. The van der Waals surface area contributed by atoms with Gasteiger partial charge in [-0.25, -0.2) is 4.39 Å². The third-order valence-corrected chi connectivity index (χ3v) is 3.46. The molecule has 112 valence electrons. The fourth-order valence-electron chi connectivity index (χ4n) is 2.47. The average Bonchev–Trinajstić information content (AvgIpc) is 2.41. The van der Waals surface area contributed by atoms with E-state index >= 15 is 0 Å². The van der Waals surface area contributed by atoms with E-state index in [0.29, 0.717) is 12.0 Å². The second kappa shape index (κ2) is 6.58. The van der Waals surface area contributed by atoms with Gasteiger partial charge in [-0.3, -0.25) is 24.6 Å². The van der Waals surface area contributed by atoms with Crippen LogP contribution in [0.15, 0.2) is 24.3 Å². The molecule has 1 heterocycles. The fraction of sp³-hybridized carbons (Fsp3) is 0.400. The summed E-state index contributed by atoms with van der Waals surface area (Å²) in [5.74, 6) is -1.44. The number of ketones is 1. The molecule has 2 amide bonds. The van der Waals surface area contributed by atoms with E-state index in [1.165, 1.54) is 6.07 Å². The van der Waals surface area contributed by atoms with E-state index in [0.717, 1.165) is 0 Å². The number of hydrogen-bond donors (Lipinski definition) is 1. The molecule has 21 heavy (non-hydrogen) atoms. The molecule has 1 aliphatic heterocycles. The maximum atomic E-state index is 13.5. The minimum Gasteiger partial charge on any atom is -0.298 e. The summed E-state index contributed by atoms with van der Waals surface area (Å²) >= 11 is 0. The summed E-state index contributed by atoms with van der Waals surface area (Å²) in [7, 11) is 0. The largest absolute Gasteiger partial charge is 0.298 e. The number of nitrogens with zero attached hydrogens (tertiary/aromatic N) is 1. The van der Waals surface area contributed by atoms with Crippen LogP contribution in [0.2, 0.25) is 0 Å². The summed E-state index contributed by atoms with van der Waals surface area (Å²) in [5.41, 5.74) is 0.323. The zero-order valence-electron chi connectivity index (χ0n) is 11.8. The Hall–Kier alpha value is -2.08. The molecule has 0 aromatic heterocycles. The van der Waals surface area contributed by atoms with Crippen LogP contribution in [0, 0.1) is 5.82 Å². The lowest BCUT2D eigenvalue weighted by Gasteiger charge is -2.32. The SMILES string of the molecule is CCC1C(=O)NC(=O)CN1CC(=O)Cc1ccccc1F. The quantitative estimate of drug-likeness (QED) is 0.810. The lowest BCUT2D eigenvalue weighted by molar-refractivity contribution is -0.140. The van der Waals surface area contributed by atoms with Crippen LogP contribution >= 0.6 is 0 Å². The summed E-state index contributed by atoms with van der Waals surface area (Å²) in [6, 6.07) is 5.59. The number of nitrogens with one attached hydrogen (secondary N) is 1. The molecule has 1 atom stereocenters. The molecule has 1 aromatic rings. The number of benzene rings is 1. The van der Waals surface area contributed by atoms with Gasteiger partial charge in [-0.2, -0.15) is 0 Å². The zero-order chi connectivity index (χ0) is 15.4. The predicted molar refractivity (Wildman–Crippen MR) is 73.9 cm³/mol. The van der Waals surface area contributed by atoms with Crippen molar-refractivity contribution in [2.24, 2.45) is 0 Å². The van der Waals surface area contributed by atoms with Crippen LogP contribution in [0.4, 0.5) is 4.39 Å². The highest BCUT2D eigenvalue weighted by Gasteiger charge is 2.33. The van der Waals surface area contributed by atoms with Gasteiger partial charge < -0.3 is 0 Å². The van der Waals surface area contributed by atoms with Crippen molar-refractivity contribution in [2.45, 2.75) is 25.8 Å². The Balaban J connectivity index is 2.02. The number of hydrogen-bond acceptors (Lipinski definition) is 4. The maximum Gasteiger partial charge on any atom is 0.243 e. The van der Waals surface area contributed by atoms with Gasteiger partial charge in [-0.15, -0.1) is 0 Å². The van der Waals surface area contributed by atoms with Gasteiger partial charge in [0.25, 0.3) is 0 Å². The number of Topliss-reactive ketones (excluding diaryl/α,β-unsaturated/α-hetero) is 1. The Kier molecular flexibility index (Phi) is 4.80. The molecule has 1 saturated heterocycles. The van der Waals surface area contributed by atoms with Crippen molar-refractivity contribution >= 4 is 17.6 Å². The molecule has 0 aliphatic carbocycles. The number of rotatable bonds is 5. The topological polar surface area (TPSA) is 66.5 Å². The first-order chi connectivity index (χ1) is 10.0. The third-order valence-electron chi connectivity index (χ3n) is 3.46. The van der Waals surface area contributed by atoms with Gasteiger partial charge in [0.1, 0.15) is 5.82 Å². The zero-order valence-corrected chi connectivity index (χ0v) is 11.8. The van der Waals surface area contributed by atoms with Crippen molar-refractivity contribution in [1.29, 1.82) is 0 Å². The van der Waals surface area contributed by atoms with Crippen LogP contribution in [-0.4, -0.2) is 41.6 Å². The highest BCUT2D eigenvalue weighted by molar-refractivity contribution is 6.01. The van der Waals surface area contributed by atoms with E-state index in [-0.39, 0.29) is 31.2 Å². The average molecular weight is 292 g/mol. The number of piperazine rings is 1. The van der Waals surface area contributed by atoms with Crippen molar-refractivity contribution in [3.8, 4) is 0 Å². The van der Waals surface area contributed by atoms with E-state index in [2.05, 4.69) is 5.32 Å².